The third-order valence-electron chi connectivity index (χ3n) is 13.2. The molecule has 0 aromatic rings. The molecule has 3 N–H and O–H groups in total. The summed E-state index contributed by atoms with van der Waals surface area (Å²) in [6.07, 6.45) is 51.6. The predicted octanol–water partition coefficient (Wildman–Crippen LogP) is 15.3. The lowest BCUT2D eigenvalue weighted by atomic mass is 9.98. The molecular weight excluding hydrogens is 949 g/mol. The second-order valence-corrected chi connectivity index (χ2v) is 20.2. The lowest BCUT2D eigenvalue weighted by molar-refractivity contribution is -0.301. The fourth-order valence-electron chi connectivity index (χ4n) is 8.63. The Kier molecular flexibility index (Phi) is 47.0. The fraction of sp³-hybridized carbons (Fsp3) is 0.746. The van der Waals surface area contributed by atoms with E-state index < -0.39 is 67.3 Å². The van der Waals surface area contributed by atoms with Gasteiger partial charge in [-0.1, -0.05) is 203 Å². The molecule has 12 heteroatoms. The highest BCUT2D eigenvalue weighted by molar-refractivity contribution is 5.74. The van der Waals surface area contributed by atoms with Crippen molar-refractivity contribution in [2.24, 2.45) is 0 Å². The van der Waals surface area contributed by atoms with Crippen LogP contribution in [-0.4, -0.2) is 89.2 Å². The third kappa shape index (κ3) is 41.0. The SMILES string of the molecule is CC/C=C\C/C=C\C/C=C\CCCCCCCC(=O)OC1C(OCC(COC(=O)CCCCCCCCCCC/C=C\C/C=C\CCCCC)OC(=O)CCCCCCC/C=C\CCCC)OC(C(=O)O)C(O)C1O. The Hall–Kier alpha value is -3.84. The number of carbonyl (C=O) groups is 4. The summed E-state index contributed by atoms with van der Waals surface area (Å²) in [5.74, 6) is -3.16. The van der Waals surface area contributed by atoms with Crippen LogP contribution in [0.2, 0.25) is 0 Å². The van der Waals surface area contributed by atoms with Crippen LogP contribution in [0.1, 0.15) is 252 Å². The molecule has 0 amide bonds. The van der Waals surface area contributed by atoms with Crippen LogP contribution in [-0.2, 0) is 42.9 Å². The number of esters is 3. The van der Waals surface area contributed by atoms with E-state index in [4.69, 9.17) is 23.7 Å². The third-order valence-corrected chi connectivity index (χ3v) is 13.2. The Morgan fingerprint density at radius 1 is 0.453 bits per heavy atom. The van der Waals surface area contributed by atoms with Gasteiger partial charge in [0.25, 0.3) is 0 Å². The Bertz CT molecular complexity index is 1580. The zero-order valence-electron chi connectivity index (χ0n) is 47.3. The molecule has 0 aliphatic carbocycles. The number of hydrogen-bond acceptors (Lipinski definition) is 11. The Morgan fingerprint density at radius 3 is 1.33 bits per heavy atom. The molecule has 1 saturated heterocycles. The molecule has 75 heavy (non-hydrogen) atoms. The van der Waals surface area contributed by atoms with Crippen molar-refractivity contribution in [2.45, 2.75) is 289 Å². The molecule has 1 fully saturated rings. The number of aliphatic carboxylic acids is 1. The number of carboxylic acid groups (broad SMARTS) is 1. The van der Waals surface area contributed by atoms with Gasteiger partial charge >= 0.3 is 23.9 Å². The monoisotopic (exact) mass is 1050 g/mol. The molecule has 6 unspecified atom stereocenters. The van der Waals surface area contributed by atoms with Crippen molar-refractivity contribution in [3.8, 4) is 0 Å². The molecule has 1 rings (SSSR count). The topological polar surface area (TPSA) is 175 Å². The number of unbranched alkanes of at least 4 members (excludes halogenated alkanes) is 24. The molecule has 1 aliphatic heterocycles. The number of aliphatic hydroxyl groups excluding tert-OH is 2. The van der Waals surface area contributed by atoms with Gasteiger partial charge in [0.15, 0.2) is 24.6 Å². The first kappa shape index (κ1) is 69.2. The van der Waals surface area contributed by atoms with Crippen LogP contribution in [0.4, 0.5) is 0 Å². The smallest absolute Gasteiger partial charge is 0.335 e. The van der Waals surface area contributed by atoms with Gasteiger partial charge in [0.1, 0.15) is 18.8 Å². The number of carboxylic acids is 1. The minimum Gasteiger partial charge on any atom is -0.479 e. The highest BCUT2D eigenvalue weighted by atomic mass is 16.7. The number of rotatable bonds is 50. The van der Waals surface area contributed by atoms with Crippen LogP contribution in [0.15, 0.2) is 72.9 Å². The second-order valence-electron chi connectivity index (χ2n) is 20.2. The molecule has 0 aromatic heterocycles. The van der Waals surface area contributed by atoms with Crippen LogP contribution < -0.4 is 0 Å². The van der Waals surface area contributed by atoms with Crippen molar-refractivity contribution in [3.63, 3.8) is 0 Å². The Balaban J connectivity index is 2.66. The van der Waals surface area contributed by atoms with Crippen LogP contribution in [0, 0.1) is 0 Å². The largest absolute Gasteiger partial charge is 0.479 e. The number of ether oxygens (including phenoxy) is 5. The summed E-state index contributed by atoms with van der Waals surface area (Å²) in [6, 6.07) is 0. The maximum absolute atomic E-state index is 13.1. The van der Waals surface area contributed by atoms with E-state index in [2.05, 4.69) is 93.7 Å². The molecular formula is C63H106O12. The number of allylic oxidation sites excluding steroid dienone is 12. The van der Waals surface area contributed by atoms with Gasteiger partial charge < -0.3 is 39.0 Å². The summed E-state index contributed by atoms with van der Waals surface area (Å²) in [6.45, 7) is 5.80. The van der Waals surface area contributed by atoms with E-state index in [0.29, 0.717) is 19.3 Å². The average molecular weight is 1060 g/mol. The highest BCUT2D eigenvalue weighted by Gasteiger charge is 2.50. The van der Waals surface area contributed by atoms with Crippen LogP contribution in [0.5, 0.6) is 0 Å². The first-order valence-electron chi connectivity index (χ1n) is 29.9. The zero-order chi connectivity index (χ0) is 54.7. The maximum atomic E-state index is 13.1. The first-order chi connectivity index (χ1) is 36.6. The van der Waals surface area contributed by atoms with E-state index >= 15 is 0 Å². The van der Waals surface area contributed by atoms with Gasteiger partial charge in [-0.05, 0) is 103 Å². The standard InChI is InChI=1S/C63H106O12/c1-4-7-10-13-16-19-22-24-26-27-28-29-31-32-35-37-40-43-46-49-55(64)71-52-54(73-56(65)50-47-44-41-38-34-21-18-15-12-9-6-3)53-72-63-61(59(68)58(67)60(75-63)62(69)70)74-57(66)51-48-45-42-39-36-33-30-25-23-20-17-14-11-8-5-2/h8,11,15-20,24-26,30,54,58-61,63,67-68H,4-7,9-10,12-14,21-23,27-29,31-53H2,1-3H3,(H,69,70)/b11-8-,18-15-,19-16-,20-17-,26-24-,30-25-. The Labute approximate surface area is 455 Å². The molecule has 12 nitrogen and oxygen atoms in total. The zero-order valence-corrected chi connectivity index (χ0v) is 47.3. The van der Waals surface area contributed by atoms with Crippen LogP contribution >= 0.6 is 0 Å². The quantitative estimate of drug-likeness (QED) is 0.0228. The molecule has 6 atom stereocenters. The van der Waals surface area contributed by atoms with E-state index in [-0.39, 0.29) is 25.9 Å². The van der Waals surface area contributed by atoms with Gasteiger partial charge in [0, 0.05) is 19.3 Å². The molecule has 0 aromatic carbocycles. The van der Waals surface area contributed by atoms with Gasteiger partial charge in [-0.2, -0.15) is 0 Å². The van der Waals surface area contributed by atoms with Crippen molar-refractivity contribution < 1.29 is 58.2 Å². The normalized spacial score (nSPS) is 18.7. The highest BCUT2D eigenvalue weighted by Crippen LogP contribution is 2.26. The summed E-state index contributed by atoms with van der Waals surface area (Å²) >= 11 is 0. The minimum absolute atomic E-state index is 0.0383. The van der Waals surface area contributed by atoms with E-state index in [0.717, 1.165) is 122 Å². The van der Waals surface area contributed by atoms with Crippen molar-refractivity contribution in [1.82, 2.24) is 0 Å². The number of carbonyl (C=O) groups excluding carboxylic acids is 3. The van der Waals surface area contributed by atoms with Gasteiger partial charge in [-0.25, -0.2) is 4.79 Å². The van der Waals surface area contributed by atoms with E-state index in [1.54, 1.807) is 0 Å². The Morgan fingerprint density at radius 2 is 0.853 bits per heavy atom. The van der Waals surface area contributed by atoms with Crippen molar-refractivity contribution in [2.75, 3.05) is 13.2 Å². The molecule has 0 bridgehead atoms. The predicted molar refractivity (Wildman–Crippen MR) is 303 cm³/mol. The molecule has 430 valence electrons. The maximum Gasteiger partial charge on any atom is 0.335 e. The van der Waals surface area contributed by atoms with E-state index in [1.165, 1.54) is 70.6 Å². The lowest BCUT2D eigenvalue weighted by Gasteiger charge is -2.40. The van der Waals surface area contributed by atoms with E-state index in [1.807, 2.05) is 0 Å². The van der Waals surface area contributed by atoms with E-state index in [9.17, 15) is 34.5 Å². The minimum atomic E-state index is -1.91. The van der Waals surface area contributed by atoms with Gasteiger partial charge in [0.05, 0.1) is 6.61 Å². The molecule has 0 saturated carbocycles. The van der Waals surface area contributed by atoms with Gasteiger partial charge in [-0.15, -0.1) is 0 Å². The summed E-state index contributed by atoms with van der Waals surface area (Å²) in [5.41, 5.74) is 0. The fourth-order valence-corrected chi connectivity index (χ4v) is 8.63. The van der Waals surface area contributed by atoms with Crippen molar-refractivity contribution >= 4 is 23.9 Å². The summed E-state index contributed by atoms with van der Waals surface area (Å²) in [5, 5.41) is 31.5. The second kappa shape index (κ2) is 50.9. The number of aliphatic hydroxyl groups is 2. The number of hydrogen-bond donors (Lipinski definition) is 3. The lowest BCUT2D eigenvalue weighted by Crippen LogP contribution is -2.61. The molecule has 0 spiro atoms. The summed E-state index contributed by atoms with van der Waals surface area (Å²) < 4.78 is 28.4. The molecule has 1 heterocycles. The first-order valence-corrected chi connectivity index (χ1v) is 29.9. The van der Waals surface area contributed by atoms with Gasteiger partial charge in [0.2, 0.25) is 0 Å². The van der Waals surface area contributed by atoms with Gasteiger partial charge in [-0.3, -0.25) is 14.4 Å². The summed E-state index contributed by atoms with van der Waals surface area (Å²) in [4.78, 5) is 51.1. The average Bonchev–Trinajstić information content (AvgIpc) is 3.39. The summed E-state index contributed by atoms with van der Waals surface area (Å²) in [7, 11) is 0. The van der Waals surface area contributed by atoms with Crippen LogP contribution in [0.25, 0.3) is 0 Å². The van der Waals surface area contributed by atoms with Crippen molar-refractivity contribution in [3.05, 3.63) is 72.9 Å². The molecule has 0 radical (unpaired) electrons. The van der Waals surface area contributed by atoms with Crippen molar-refractivity contribution in [1.29, 1.82) is 0 Å². The van der Waals surface area contributed by atoms with Crippen LogP contribution in [0.3, 0.4) is 0 Å². The molecule has 1 aliphatic rings.